The number of unbranched alkanes of at least 4 members (excludes halogenated alkanes) is 40. The first-order valence-corrected chi connectivity index (χ1v) is 49.7. The van der Waals surface area contributed by atoms with Crippen LogP contribution in [-0.2, 0) is 103 Å². The van der Waals surface area contributed by atoms with Gasteiger partial charge >= 0.3 is 63.2 Å². The van der Waals surface area contributed by atoms with E-state index in [2.05, 4.69) is 55.4 Å². The van der Waals surface area contributed by atoms with Crippen LogP contribution in [0, 0.1) is 0 Å². The standard InChI is InChI=1S/4C16H34O3PS.3Mo/c4*1-3-5-7-9-11-13-15-21(20(17,18)19)16-14-12-10-8-6-4-2;;;/h4*3-16H2,1-2H3;;;/q4*-3;3*+4. The minimum Gasteiger partial charge on any atom is -0.848 e. The molecule has 526 valence electrons. The second kappa shape index (κ2) is 78.0. The van der Waals surface area contributed by atoms with Crippen LogP contribution in [0.5, 0.6) is 0 Å². The molecule has 23 heteroatoms. The monoisotopic (exact) mass is 1640 g/mol. The Labute approximate surface area is 593 Å². The second-order valence-electron chi connectivity index (χ2n) is 23.4. The third kappa shape index (κ3) is 83.0. The molecule has 0 unspecified atom stereocenters. The minimum atomic E-state index is -4.37. The van der Waals surface area contributed by atoms with Crippen molar-refractivity contribution in [3.63, 3.8) is 0 Å². The van der Waals surface area contributed by atoms with E-state index in [1.165, 1.54) is 205 Å². The molecular formula is C64H136Mo3O12P4S4. The molecule has 0 aromatic carbocycles. The van der Waals surface area contributed by atoms with Crippen molar-refractivity contribution in [1.29, 1.82) is 0 Å². The van der Waals surface area contributed by atoms with Gasteiger partial charge in [-0.3, -0.25) is 0 Å². The summed E-state index contributed by atoms with van der Waals surface area (Å²) >= 11 is 0. The van der Waals surface area contributed by atoms with E-state index >= 15 is 0 Å². The smallest absolute Gasteiger partial charge is 0.848 e. The maximum Gasteiger partial charge on any atom is 4.00 e. The van der Waals surface area contributed by atoms with Crippen molar-refractivity contribution in [1.82, 2.24) is 0 Å². The molecule has 0 aliphatic heterocycles. The Morgan fingerprint density at radius 3 is 0.310 bits per heavy atom. The van der Waals surface area contributed by atoms with Crippen LogP contribution < -0.4 is 58.7 Å². The van der Waals surface area contributed by atoms with Gasteiger partial charge in [0.05, 0.1) is 0 Å². The SMILES string of the molecule is CCCCCCCCS(CCCCCCCC)=P([O-])([O-])[O-].CCCCCCCCS(CCCCCCCC)=P([O-])([O-])[O-].CCCCCCCCS(CCCCCCCC)=P([O-])([O-])[O-].CCCCCCCCS(CCCCCCCC)=P([O-])([O-])[O-].[Mo+4].[Mo+4].[Mo+4]. The van der Waals surface area contributed by atoms with E-state index in [9.17, 15) is 58.7 Å². The molecule has 0 aliphatic rings. The van der Waals surface area contributed by atoms with Crippen LogP contribution in [-0.4, -0.2) is 46.0 Å². The Bertz CT molecular complexity index is 1300. The van der Waals surface area contributed by atoms with E-state index in [0.29, 0.717) is 46.0 Å². The van der Waals surface area contributed by atoms with Gasteiger partial charge in [0, 0.05) is 0 Å². The van der Waals surface area contributed by atoms with Crippen molar-refractivity contribution in [3.05, 3.63) is 0 Å². The largest absolute Gasteiger partial charge is 4.00 e. The summed E-state index contributed by atoms with van der Waals surface area (Å²) in [4.78, 5) is 136. The van der Waals surface area contributed by atoms with Gasteiger partial charge in [-0.05, 0) is 97.4 Å². The summed E-state index contributed by atoms with van der Waals surface area (Å²) in [5.74, 6) is 4.82. The van der Waals surface area contributed by atoms with Crippen LogP contribution in [0.2, 0.25) is 0 Å². The van der Waals surface area contributed by atoms with Crippen LogP contribution in [0.4, 0.5) is 0 Å². The van der Waals surface area contributed by atoms with Gasteiger partial charge in [-0.25, -0.2) is 40.3 Å². The van der Waals surface area contributed by atoms with Crippen molar-refractivity contribution in [2.45, 2.75) is 364 Å². The molecule has 0 amide bonds. The molecule has 0 aliphatic carbocycles. The first-order chi connectivity index (χ1) is 40.1. The molecular weight excluding hydrogens is 1500 g/mol. The Hall–Kier alpha value is 4.70. The molecule has 12 nitrogen and oxygen atoms in total. The van der Waals surface area contributed by atoms with Crippen molar-refractivity contribution < 1.29 is 122 Å². The maximum absolute atomic E-state index is 11.3. The maximum atomic E-state index is 11.3. The van der Waals surface area contributed by atoms with E-state index in [0.717, 1.165) is 103 Å². The Kier molecular flexibility index (Phi) is 94.3. The molecule has 0 fully saturated rings. The molecule has 0 saturated heterocycles. The second-order valence-corrected chi connectivity index (χ2v) is 45.5. The quantitative estimate of drug-likeness (QED) is 0.0312. The number of hydrogen-bond acceptors (Lipinski definition) is 12. The van der Waals surface area contributed by atoms with Gasteiger partial charge in [0.1, 0.15) is 0 Å². The van der Waals surface area contributed by atoms with Crippen molar-refractivity contribution in [3.8, 4) is 0 Å². The number of rotatable bonds is 56. The number of hydrogen-bond donors (Lipinski definition) is 0. The van der Waals surface area contributed by atoms with Crippen molar-refractivity contribution in [2.24, 2.45) is 0 Å². The molecule has 0 radical (unpaired) electrons. The summed E-state index contributed by atoms with van der Waals surface area (Å²) in [5.41, 5.74) is 0. The van der Waals surface area contributed by atoms with Crippen LogP contribution in [0.1, 0.15) is 364 Å². The molecule has 0 saturated carbocycles. The summed E-state index contributed by atoms with van der Waals surface area (Å²) in [7, 11) is -3.65. The van der Waals surface area contributed by atoms with Crippen LogP contribution in [0.15, 0.2) is 0 Å². The molecule has 0 aromatic heterocycles. The summed E-state index contributed by atoms with van der Waals surface area (Å²) in [6.07, 6.45) is 54.8. The summed E-state index contributed by atoms with van der Waals surface area (Å²) in [5, 5.41) is 0. The summed E-state index contributed by atoms with van der Waals surface area (Å²) < 4.78 is 0. The zero-order valence-corrected chi connectivity index (χ0v) is 70.0. The Balaban J connectivity index is -0.000000194. The normalized spacial score (nSPS) is 11.9. The zero-order valence-electron chi connectivity index (χ0n) is 57.1. The average Bonchev–Trinajstić information content (AvgIpc) is 3.61. The fourth-order valence-electron chi connectivity index (χ4n) is 9.69. The first kappa shape index (κ1) is 105. The van der Waals surface area contributed by atoms with Gasteiger partial charge in [0.2, 0.25) is 0 Å². The molecule has 0 atom stereocenters. The molecule has 0 spiro atoms. The fraction of sp³-hybridized carbons (Fsp3) is 1.00. The summed E-state index contributed by atoms with van der Waals surface area (Å²) in [6.45, 7) is -0.0145. The predicted octanol–water partition coefficient (Wildman–Crippen LogP) is 12.3. The first-order valence-electron chi connectivity index (χ1n) is 34.9. The topological polar surface area (TPSA) is 277 Å². The van der Waals surface area contributed by atoms with Gasteiger partial charge in [-0.15, -0.1) is 0 Å². The van der Waals surface area contributed by atoms with E-state index in [-0.39, 0.29) is 63.2 Å². The molecule has 0 bridgehead atoms. The fourth-order valence-corrected chi connectivity index (χ4v) is 25.1. The third-order valence-corrected chi connectivity index (χ3v) is 35.7. The molecule has 0 rings (SSSR count). The van der Waals surface area contributed by atoms with Gasteiger partial charge in [0.15, 0.2) is 0 Å². The summed E-state index contributed by atoms with van der Waals surface area (Å²) in [6, 6.07) is 0. The van der Waals surface area contributed by atoms with Crippen molar-refractivity contribution >= 4 is 67.2 Å². The van der Waals surface area contributed by atoms with Gasteiger partial charge in [-0.2, -0.15) is 0 Å². The minimum absolute atomic E-state index is 0. The van der Waals surface area contributed by atoms with E-state index < -0.39 is 67.2 Å². The van der Waals surface area contributed by atoms with Gasteiger partial charge in [-0.1, -0.05) is 312 Å². The van der Waals surface area contributed by atoms with E-state index in [1.54, 1.807) is 0 Å². The Morgan fingerprint density at radius 1 is 0.149 bits per heavy atom. The predicted molar refractivity (Wildman–Crippen MR) is 363 cm³/mol. The zero-order chi connectivity index (χ0) is 63.9. The molecule has 0 aromatic rings. The van der Waals surface area contributed by atoms with Crippen LogP contribution in [0.3, 0.4) is 0 Å². The molecule has 0 heterocycles. The van der Waals surface area contributed by atoms with Gasteiger partial charge in [0.25, 0.3) is 0 Å². The Morgan fingerprint density at radius 2 is 0.230 bits per heavy atom. The van der Waals surface area contributed by atoms with Crippen molar-refractivity contribution in [2.75, 3.05) is 46.0 Å². The average molecular weight is 1640 g/mol. The van der Waals surface area contributed by atoms with Crippen LogP contribution >= 0.6 is 26.9 Å². The van der Waals surface area contributed by atoms with E-state index in [4.69, 9.17) is 0 Å². The molecule has 0 N–H and O–H groups in total. The molecule has 87 heavy (non-hydrogen) atoms. The third-order valence-electron chi connectivity index (χ3n) is 15.1. The van der Waals surface area contributed by atoms with Gasteiger partial charge < -0.3 is 85.6 Å². The van der Waals surface area contributed by atoms with E-state index in [1.807, 2.05) is 0 Å². The van der Waals surface area contributed by atoms with Crippen LogP contribution in [0.25, 0.3) is 0 Å².